The van der Waals surface area contributed by atoms with Crippen molar-refractivity contribution in [3.8, 4) is 0 Å². The first-order valence-electron chi connectivity index (χ1n) is 13.4. The highest BCUT2D eigenvalue weighted by molar-refractivity contribution is 5.83. The summed E-state index contributed by atoms with van der Waals surface area (Å²) in [7, 11) is 0. The molecule has 0 spiro atoms. The standard InChI is InChI=1S/C26H40F3N5O4/c1-18-16-19(2)34(18)25(37)32-22(24(35)36)10-13-33(14-15-38-17-26(27,28)29)12-4-3-7-21-9-8-20-6-5-11-30-23(20)31-21/h8-9,18-19,22H,3-7,10-17H2,1-2H3,(H,30,31)(H,32,37)(H,35,36). The van der Waals surface area contributed by atoms with Crippen molar-refractivity contribution in [1.82, 2.24) is 20.1 Å². The van der Waals surface area contributed by atoms with Gasteiger partial charge >= 0.3 is 18.2 Å². The molecule has 0 saturated carbocycles. The second kappa shape index (κ2) is 14.0. The Bertz CT molecular complexity index is 925. The number of aryl methyl sites for hydroxylation is 2. The van der Waals surface area contributed by atoms with Crippen molar-refractivity contribution >= 4 is 17.8 Å². The normalized spacial score (nSPS) is 19.9. The van der Waals surface area contributed by atoms with Crippen LogP contribution in [0.5, 0.6) is 0 Å². The number of halogens is 3. The molecule has 1 fully saturated rings. The van der Waals surface area contributed by atoms with Crippen LogP contribution in [0.15, 0.2) is 12.1 Å². The molecule has 0 aromatic carbocycles. The van der Waals surface area contributed by atoms with Crippen LogP contribution in [0, 0.1) is 0 Å². The summed E-state index contributed by atoms with van der Waals surface area (Å²) in [6, 6.07) is 2.76. The fraction of sp³-hybridized carbons (Fsp3) is 0.731. The molecule has 9 nitrogen and oxygen atoms in total. The van der Waals surface area contributed by atoms with E-state index in [-0.39, 0.29) is 31.7 Å². The molecule has 3 N–H and O–H groups in total. The van der Waals surface area contributed by atoms with Crippen molar-refractivity contribution < 1.29 is 32.6 Å². The zero-order chi connectivity index (χ0) is 27.7. The van der Waals surface area contributed by atoms with Crippen LogP contribution < -0.4 is 10.6 Å². The van der Waals surface area contributed by atoms with Gasteiger partial charge in [-0.25, -0.2) is 14.6 Å². The number of rotatable bonds is 14. The van der Waals surface area contributed by atoms with Gasteiger partial charge in [-0.15, -0.1) is 0 Å². The summed E-state index contributed by atoms with van der Waals surface area (Å²) in [5, 5.41) is 15.6. The molecule has 12 heteroatoms. The van der Waals surface area contributed by atoms with Gasteiger partial charge in [-0.05, 0) is 77.0 Å². The Morgan fingerprint density at radius 1 is 1.24 bits per heavy atom. The van der Waals surface area contributed by atoms with Gasteiger partial charge in [0.25, 0.3) is 0 Å². The molecule has 0 bridgehead atoms. The maximum Gasteiger partial charge on any atom is 0.411 e. The second-order valence-electron chi connectivity index (χ2n) is 10.3. The maximum atomic E-state index is 12.5. The third kappa shape index (κ3) is 9.30. The van der Waals surface area contributed by atoms with Gasteiger partial charge in [0.1, 0.15) is 18.5 Å². The first kappa shape index (κ1) is 29.9. The number of carbonyl (C=O) groups is 2. The Kier molecular flexibility index (Phi) is 11.0. The Morgan fingerprint density at radius 3 is 2.68 bits per heavy atom. The Morgan fingerprint density at radius 2 is 2.00 bits per heavy atom. The lowest BCUT2D eigenvalue weighted by Crippen LogP contribution is -2.61. The van der Waals surface area contributed by atoms with Crippen LogP contribution in [0.4, 0.5) is 23.8 Å². The number of aliphatic carboxylic acids is 1. The molecule has 2 aliphatic heterocycles. The van der Waals surface area contributed by atoms with E-state index in [4.69, 9.17) is 9.72 Å². The molecule has 3 heterocycles. The first-order valence-corrected chi connectivity index (χ1v) is 13.4. The van der Waals surface area contributed by atoms with Gasteiger partial charge in [0.15, 0.2) is 0 Å². The minimum Gasteiger partial charge on any atom is -0.480 e. The number of anilines is 1. The molecule has 1 aromatic rings. The number of aromatic nitrogens is 1. The van der Waals surface area contributed by atoms with Gasteiger partial charge in [-0.1, -0.05) is 6.07 Å². The monoisotopic (exact) mass is 543 g/mol. The van der Waals surface area contributed by atoms with E-state index in [9.17, 15) is 27.9 Å². The van der Waals surface area contributed by atoms with Crippen LogP contribution in [-0.4, -0.2) is 95.6 Å². The van der Waals surface area contributed by atoms with Crippen LogP contribution in [0.25, 0.3) is 0 Å². The van der Waals surface area contributed by atoms with E-state index >= 15 is 0 Å². The number of unbranched alkanes of at least 4 members (excludes halogenated alkanes) is 1. The molecule has 3 unspecified atom stereocenters. The highest BCUT2D eigenvalue weighted by Gasteiger charge is 2.37. The van der Waals surface area contributed by atoms with E-state index in [1.807, 2.05) is 24.8 Å². The lowest BCUT2D eigenvalue weighted by molar-refractivity contribution is -0.174. The largest absolute Gasteiger partial charge is 0.480 e. The molecule has 3 atom stereocenters. The minimum atomic E-state index is -4.40. The lowest BCUT2D eigenvalue weighted by Gasteiger charge is -2.45. The zero-order valence-electron chi connectivity index (χ0n) is 22.2. The number of pyridine rings is 1. The molecule has 2 amide bonds. The minimum absolute atomic E-state index is 0.0575. The predicted molar refractivity (Wildman–Crippen MR) is 137 cm³/mol. The number of alkyl halides is 3. The molecule has 3 rings (SSSR count). The predicted octanol–water partition coefficient (Wildman–Crippen LogP) is 3.68. The van der Waals surface area contributed by atoms with Crippen LogP contribution >= 0.6 is 0 Å². The summed E-state index contributed by atoms with van der Waals surface area (Å²) >= 11 is 0. The van der Waals surface area contributed by atoms with E-state index in [1.165, 1.54) is 5.56 Å². The highest BCUT2D eigenvalue weighted by atomic mass is 19.4. The fourth-order valence-corrected chi connectivity index (χ4v) is 5.08. The Labute approximate surface area is 222 Å². The van der Waals surface area contributed by atoms with E-state index in [0.717, 1.165) is 56.6 Å². The van der Waals surface area contributed by atoms with Crippen LogP contribution in [-0.2, 0) is 22.4 Å². The molecule has 0 aliphatic carbocycles. The Balaban J connectivity index is 1.49. The number of nitrogens with one attached hydrogen (secondary N) is 2. The number of carbonyl (C=O) groups excluding carboxylic acids is 1. The number of carboxylic acids is 1. The average molecular weight is 544 g/mol. The van der Waals surface area contributed by atoms with Crippen molar-refractivity contribution in [2.24, 2.45) is 0 Å². The van der Waals surface area contributed by atoms with Crippen LogP contribution in [0.2, 0.25) is 0 Å². The van der Waals surface area contributed by atoms with Crippen LogP contribution in [0.3, 0.4) is 0 Å². The second-order valence-corrected chi connectivity index (χ2v) is 10.3. The number of hydrogen-bond acceptors (Lipinski definition) is 6. The summed E-state index contributed by atoms with van der Waals surface area (Å²) < 4.78 is 42.1. The van der Waals surface area contributed by atoms with Gasteiger partial charge in [0.05, 0.1) is 6.61 Å². The molecule has 2 aliphatic rings. The zero-order valence-corrected chi connectivity index (χ0v) is 22.2. The number of amides is 2. The molecule has 214 valence electrons. The SMILES string of the molecule is CC1CC(C)N1C(=O)NC(CCN(CCCCc1ccc2c(n1)NCCC2)CCOCC(F)(F)F)C(=O)O. The van der Waals surface area contributed by atoms with Crippen LogP contribution in [0.1, 0.15) is 57.2 Å². The molecule has 1 aromatic heterocycles. The topological polar surface area (TPSA) is 107 Å². The Hall–Kier alpha value is -2.60. The number of nitrogens with zero attached hydrogens (tertiary/aromatic N) is 3. The van der Waals surface area contributed by atoms with Gasteiger partial charge in [0, 0.05) is 37.4 Å². The van der Waals surface area contributed by atoms with E-state index in [1.54, 1.807) is 4.90 Å². The van der Waals surface area contributed by atoms with Gasteiger partial charge < -0.3 is 30.3 Å². The number of hydrogen-bond donors (Lipinski definition) is 3. The third-order valence-corrected chi connectivity index (χ3v) is 7.12. The van der Waals surface area contributed by atoms with Crippen molar-refractivity contribution in [1.29, 1.82) is 0 Å². The van der Waals surface area contributed by atoms with Crippen molar-refractivity contribution in [2.45, 2.75) is 83.1 Å². The lowest BCUT2D eigenvalue weighted by atomic mass is 9.96. The van der Waals surface area contributed by atoms with Gasteiger partial charge in [-0.2, -0.15) is 13.2 Å². The molecule has 1 saturated heterocycles. The molecular formula is C26H40F3N5O4. The summed E-state index contributed by atoms with van der Waals surface area (Å²) in [5.74, 6) is -0.194. The average Bonchev–Trinajstić information content (AvgIpc) is 2.85. The number of likely N-dealkylation sites (tertiary alicyclic amines) is 1. The van der Waals surface area contributed by atoms with E-state index in [0.29, 0.717) is 13.1 Å². The molecular weight excluding hydrogens is 503 g/mol. The number of ether oxygens (including phenoxy) is 1. The summed E-state index contributed by atoms with van der Waals surface area (Å²) in [6.45, 7) is 4.41. The van der Waals surface area contributed by atoms with E-state index in [2.05, 4.69) is 16.7 Å². The van der Waals surface area contributed by atoms with Gasteiger partial charge in [-0.3, -0.25) is 0 Å². The van der Waals surface area contributed by atoms with Gasteiger partial charge in [0.2, 0.25) is 0 Å². The summed E-state index contributed by atoms with van der Waals surface area (Å²) in [5.41, 5.74) is 2.21. The van der Waals surface area contributed by atoms with Crippen molar-refractivity contribution in [3.63, 3.8) is 0 Å². The summed E-state index contributed by atoms with van der Waals surface area (Å²) in [4.78, 5) is 32.6. The maximum absolute atomic E-state index is 12.5. The number of fused-ring (bicyclic) bond motifs is 1. The summed E-state index contributed by atoms with van der Waals surface area (Å²) in [6.07, 6.45) is 1.09. The third-order valence-electron chi connectivity index (χ3n) is 7.12. The number of carboxylic acid groups (broad SMARTS) is 1. The quantitative estimate of drug-likeness (QED) is 0.307. The highest BCUT2D eigenvalue weighted by Crippen LogP contribution is 2.25. The molecule has 0 radical (unpaired) electrons. The smallest absolute Gasteiger partial charge is 0.411 e. The van der Waals surface area contributed by atoms with Crippen molar-refractivity contribution in [3.05, 3.63) is 23.4 Å². The molecule has 38 heavy (non-hydrogen) atoms. The number of urea groups is 1. The van der Waals surface area contributed by atoms with E-state index < -0.39 is 30.8 Å². The first-order chi connectivity index (χ1) is 18.0. The van der Waals surface area contributed by atoms with Crippen molar-refractivity contribution in [2.75, 3.05) is 44.7 Å². The fourth-order valence-electron chi connectivity index (χ4n) is 5.08.